The van der Waals surface area contributed by atoms with Crippen LogP contribution in [0, 0.1) is 0 Å². The van der Waals surface area contributed by atoms with Crippen molar-refractivity contribution < 1.29 is 0 Å². The lowest BCUT2D eigenvalue weighted by Crippen LogP contribution is -2.44. The number of benzene rings is 1. The van der Waals surface area contributed by atoms with Crippen molar-refractivity contribution in [2.75, 3.05) is 70.6 Å². The Morgan fingerprint density at radius 2 is 1.70 bits per heavy atom. The van der Waals surface area contributed by atoms with E-state index >= 15 is 0 Å². The highest BCUT2D eigenvalue weighted by Crippen LogP contribution is 2.29. The molecule has 162 valence electrons. The summed E-state index contributed by atoms with van der Waals surface area (Å²) in [6, 6.07) is 8.84. The molecule has 1 aliphatic heterocycles. The van der Waals surface area contributed by atoms with Gasteiger partial charge >= 0.3 is 0 Å². The molecular formula is C24H36N6. The number of piperazine rings is 1. The fraction of sp³-hybridized carbons (Fsp3) is 0.583. The number of fused-ring (bicyclic) bond motifs is 1. The molecule has 0 radical (unpaired) electrons. The van der Waals surface area contributed by atoms with E-state index in [1.807, 2.05) is 0 Å². The number of nitrogens with one attached hydrogen (secondary N) is 1. The average Bonchev–Trinajstić information content (AvgIpc) is 2.77. The van der Waals surface area contributed by atoms with Gasteiger partial charge in [-0.2, -0.15) is 0 Å². The molecule has 1 aromatic heterocycles. The number of hydrogen-bond donors (Lipinski definition) is 1. The van der Waals surface area contributed by atoms with Crippen LogP contribution in [0.1, 0.15) is 30.5 Å². The molecule has 2 aromatic rings. The summed E-state index contributed by atoms with van der Waals surface area (Å²) in [6.45, 7) is 6.46. The SMILES string of the molecule is CN(C)CCCNc1nc(-c2ccc(N3CCN(C)CC3)cc2)nc2c1CCCC2. The van der Waals surface area contributed by atoms with E-state index in [1.54, 1.807) is 0 Å². The molecule has 0 bridgehead atoms. The molecule has 2 aliphatic rings. The van der Waals surface area contributed by atoms with E-state index in [-0.39, 0.29) is 0 Å². The third-order valence-corrected chi connectivity index (χ3v) is 6.25. The van der Waals surface area contributed by atoms with Crippen molar-refractivity contribution >= 4 is 11.5 Å². The minimum atomic E-state index is 0.857. The standard InChI is InChI=1S/C24H36N6/c1-28(2)14-6-13-25-24-21-7-4-5-8-22(21)26-23(27-24)19-9-11-20(12-10-19)30-17-15-29(3)16-18-30/h9-12H,4-8,13-18H2,1-3H3,(H,25,26,27). The van der Waals surface area contributed by atoms with Crippen molar-refractivity contribution in [1.82, 2.24) is 19.8 Å². The lowest BCUT2D eigenvalue weighted by atomic mass is 9.96. The molecule has 0 unspecified atom stereocenters. The monoisotopic (exact) mass is 408 g/mol. The normalized spacial score (nSPS) is 17.3. The summed E-state index contributed by atoms with van der Waals surface area (Å²) in [5.41, 5.74) is 4.98. The Balaban J connectivity index is 1.52. The molecule has 1 aromatic carbocycles. The molecule has 2 heterocycles. The van der Waals surface area contributed by atoms with Crippen LogP contribution in [-0.4, -0.2) is 80.2 Å². The van der Waals surface area contributed by atoms with Crippen LogP contribution in [0.3, 0.4) is 0 Å². The summed E-state index contributed by atoms with van der Waals surface area (Å²) in [7, 11) is 6.44. The first-order valence-electron chi connectivity index (χ1n) is 11.4. The first-order chi connectivity index (χ1) is 14.6. The molecule has 4 rings (SSSR count). The van der Waals surface area contributed by atoms with Crippen LogP contribution in [0.15, 0.2) is 24.3 Å². The van der Waals surface area contributed by atoms with Gasteiger partial charge in [0.15, 0.2) is 5.82 Å². The molecular weight excluding hydrogens is 372 g/mol. The summed E-state index contributed by atoms with van der Waals surface area (Å²) in [4.78, 5) is 17.0. The van der Waals surface area contributed by atoms with E-state index in [0.29, 0.717) is 0 Å². The van der Waals surface area contributed by atoms with Crippen molar-refractivity contribution in [2.45, 2.75) is 32.1 Å². The van der Waals surface area contributed by atoms with Crippen LogP contribution < -0.4 is 10.2 Å². The quantitative estimate of drug-likeness (QED) is 0.711. The van der Waals surface area contributed by atoms with E-state index in [9.17, 15) is 0 Å². The molecule has 0 spiro atoms. The Labute approximate surface area is 181 Å². The van der Waals surface area contributed by atoms with Gasteiger partial charge in [-0.25, -0.2) is 9.97 Å². The number of aromatic nitrogens is 2. The number of likely N-dealkylation sites (N-methyl/N-ethyl adjacent to an activating group) is 1. The van der Waals surface area contributed by atoms with Crippen LogP contribution in [0.4, 0.5) is 11.5 Å². The summed E-state index contributed by atoms with van der Waals surface area (Å²) >= 11 is 0. The predicted octanol–water partition coefficient (Wildman–Crippen LogP) is 3.14. The Bertz CT molecular complexity index is 824. The van der Waals surface area contributed by atoms with Gasteiger partial charge in [-0.05, 0) is 84.1 Å². The third kappa shape index (κ3) is 5.10. The van der Waals surface area contributed by atoms with Crippen LogP contribution in [0.2, 0.25) is 0 Å². The van der Waals surface area contributed by atoms with Gasteiger partial charge in [0.1, 0.15) is 5.82 Å². The van der Waals surface area contributed by atoms with Crippen molar-refractivity contribution in [3.63, 3.8) is 0 Å². The van der Waals surface area contributed by atoms with Crippen LogP contribution >= 0.6 is 0 Å². The van der Waals surface area contributed by atoms with Crippen molar-refractivity contribution in [3.05, 3.63) is 35.5 Å². The largest absolute Gasteiger partial charge is 0.370 e. The molecule has 1 fully saturated rings. The topological polar surface area (TPSA) is 47.5 Å². The number of nitrogens with zero attached hydrogens (tertiary/aromatic N) is 5. The van der Waals surface area contributed by atoms with Crippen LogP contribution in [0.5, 0.6) is 0 Å². The zero-order chi connectivity index (χ0) is 20.9. The zero-order valence-corrected chi connectivity index (χ0v) is 18.8. The third-order valence-electron chi connectivity index (χ3n) is 6.25. The lowest BCUT2D eigenvalue weighted by Gasteiger charge is -2.34. The first kappa shape index (κ1) is 21.1. The lowest BCUT2D eigenvalue weighted by molar-refractivity contribution is 0.313. The van der Waals surface area contributed by atoms with Gasteiger partial charge in [0.05, 0.1) is 0 Å². The Kier molecular flexibility index (Phi) is 6.85. The smallest absolute Gasteiger partial charge is 0.161 e. The molecule has 0 atom stereocenters. The van der Waals surface area contributed by atoms with Gasteiger partial charge in [-0.15, -0.1) is 0 Å². The summed E-state index contributed by atoms with van der Waals surface area (Å²) in [5, 5.41) is 3.61. The highest BCUT2D eigenvalue weighted by molar-refractivity contribution is 5.63. The summed E-state index contributed by atoms with van der Waals surface area (Å²) < 4.78 is 0. The second-order valence-corrected chi connectivity index (χ2v) is 8.95. The van der Waals surface area contributed by atoms with E-state index in [1.165, 1.54) is 29.8 Å². The molecule has 6 heteroatoms. The molecule has 0 saturated carbocycles. The molecule has 0 amide bonds. The van der Waals surface area contributed by atoms with Crippen molar-refractivity contribution in [3.8, 4) is 11.4 Å². The summed E-state index contributed by atoms with van der Waals surface area (Å²) in [5.74, 6) is 1.91. The molecule has 1 aliphatic carbocycles. The number of hydrogen-bond acceptors (Lipinski definition) is 6. The number of rotatable bonds is 7. The van der Waals surface area contributed by atoms with E-state index in [2.05, 4.69) is 65.4 Å². The number of aryl methyl sites for hydroxylation is 1. The van der Waals surface area contributed by atoms with Gasteiger partial charge in [0, 0.05) is 55.2 Å². The fourth-order valence-electron chi connectivity index (χ4n) is 4.36. The Morgan fingerprint density at radius 3 is 2.43 bits per heavy atom. The summed E-state index contributed by atoms with van der Waals surface area (Å²) in [6.07, 6.45) is 5.74. The highest BCUT2D eigenvalue weighted by atomic mass is 15.2. The van der Waals surface area contributed by atoms with E-state index in [0.717, 1.165) is 75.7 Å². The van der Waals surface area contributed by atoms with Gasteiger partial charge in [0.25, 0.3) is 0 Å². The number of anilines is 2. The van der Waals surface area contributed by atoms with Gasteiger partial charge in [-0.1, -0.05) is 0 Å². The van der Waals surface area contributed by atoms with Crippen molar-refractivity contribution in [1.29, 1.82) is 0 Å². The molecule has 6 nitrogen and oxygen atoms in total. The Hall–Kier alpha value is -2.18. The van der Waals surface area contributed by atoms with Gasteiger partial charge in [-0.3, -0.25) is 0 Å². The van der Waals surface area contributed by atoms with Crippen LogP contribution in [-0.2, 0) is 12.8 Å². The first-order valence-corrected chi connectivity index (χ1v) is 11.4. The van der Waals surface area contributed by atoms with Crippen LogP contribution in [0.25, 0.3) is 11.4 Å². The molecule has 1 N–H and O–H groups in total. The maximum absolute atomic E-state index is 4.97. The second kappa shape index (κ2) is 9.75. The zero-order valence-electron chi connectivity index (χ0n) is 18.8. The van der Waals surface area contributed by atoms with E-state index in [4.69, 9.17) is 9.97 Å². The Morgan fingerprint density at radius 1 is 0.967 bits per heavy atom. The maximum Gasteiger partial charge on any atom is 0.161 e. The van der Waals surface area contributed by atoms with Gasteiger partial charge in [0.2, 0.25) is 0 Å². The van der Waals surface area contributed by atoms with Crippen molar-refractivity contribution in [2.24, 2.45) is 0 Å². The second-order valence-electron chi connectivity index (χ2n) is 8.95. The van der Waals surface area contributed by atoms with Gasteiger partial charge < -0.3 is 20.0 Å². The highest BCUT2D eigenvalue weighted by Gasteiger charge is 2.19. The van der Waals surface area contributed by atoms with E-state index < -0.39 is 0 Å². The average molecular weight is 409 g/mol. The molecule has 30 heavy (non-hydrogen) atoms. The minimum absolute atomic E-state index is 0.857. The fourth-order valence-corrected chi connectivity index (χ4v) is 4.36. The maximum atomic E-state index is 4.97. The minimum Gasteiger partial charge on any atom is -0.370 e. The predicted molar refractivity (Wildman–Crippen MR) is 125 cm³/mol. The molecule has 1 saturated heterocycles.